The lowest BCUT2D eigenvalue weighted by Gasteiger charge is -2.28. The molecule has 0 spiro atoms. The fourth-order valence-electron chi connectivity index (χ4n) is 4.07. The van der Waals surface area contributed by atoms with Crippen molar-refractivity contribution in [3.8, 4) is 0 Å². The van der Waals surface area contributed by atoms with E-state index in [2.05, 4.69) is 25.6 Å². The lowest BCUT2D eigenvalue weighted by atomic mass is 10.0. The van der Waals surface area contributed by atoms with E-state index in [-0.39, 0.29) is 30.7 Å². The van der Waals surface area contributed by atoms with Crippen LogP contribution in [-0.2, 0) is 17.8 Å². The number of halogens is 1. The van der Waals surface area contributed by atoms with Crippen molar-refractivity contribution in [2.45, 2.75) is 19.0 Å². The average Bonchev–Trinajstić information content (AvgIpc) is 3.00. The monoisotopic (exact) mass is 512 g/mol. The molecule has 3 amide bonds. The summed E-state index contributed by atoms with van der Waals surface area (Å²) in [7, 11) is 0. The molecule has 184 valence electrons. The molecule has 2 aromatic carbocycles. The van der Waals surface area contributed by atoms with Crippen LogP contribution in [-0.4, -0.2) is 43.6 Å². The molecule has 0 aliphatic carbocycles. The maximum absolute atomic E-state index is 13.7. The zero-order valence-electron chi connectivity index (χ0n) is 19.5. The first-order valence-corrected chi connectivity index (χ1v) is 11.8. The van der Waals surface area contributed by atoms with Gasteiger partial charge in [-0.25, -0.2) is 4.98 Å². The summed E-state index contributed by atoms with van der Waals surface area (Å²) < 4.78 is 0. The van der Waals surface area contributed by atoms with Gasteiger partial charge >= 0.3 is 0 Å². The van der Waals surface area contributed by atoms with Crippen LogP contribution in [0.2, 0.25) is 5.02 Å². The van der Waals surface area contributed by atoms with E-state index in [1.54, 1.807) is 54.7 Å². The number of fused-ring (bicyclic) bond motifs is 1. The number of nitrogens with zero attached hydrogens (tertiary/aromatic N) is 4. The number of hydrogen-bond donors (Lipinski definition) is 2. The second-order valence-electron chi connectivity index (χ2n) is 8.39. The molecule has 0 bridgehead atoms. The number of nitrogens with one attached hydrogen (secondary N) is 2. The number of carbonyl (C=O) groups is 3. The average molecular weight is 513 g/mol. The Bertz CT molecular complexity index is 1450. The van der Waals surface area contributed by atoms with Crippen LogP contribution in [0.25, 0.3) is 0 Å². The number of rotatable bonds is 6. The fraction of sp³-hybridized carbons (Fsp3) is 0.111. The molecule has 5 rings (SSSR count). The first-order valence-electron chi connectivity index (χ1n) is 11.5. The standard InChI is InChI=1S/C27H21ClN6O3/c28-19-8-9-21-22(13-19)32-26(36)23(14-20-3-1-2-10-30-20)34(27(21)37)16-17-4-6-18(7-5-17)25(35)33-24-15-29-11-12-31-24/h1-13,15,23H,14,16H2,(H,32,36)(H,31,33,35)/t23-/m1/s1. The third kappa shape index (κ3) is 5.46. The van der Waals surface area contributed by atoms with E-state index < -0.39 is 6.04 Å². The van der Waals surface area contributed by atoms with Crippen molar-refractivity contribution < 1.29 is 14.4 Å². The van der Waals surface area contributed by atoms with Crippen molar-refractivity contribution in [1.29, 1.82) is 0 Å². The van der Waals surface area contributed by atoms with Gasteiger partial charge in [0.2, 0.25) is 5.91 Å². The number of aromatic nitrogens is 3. The lowest BCUT2D eigenvalue weighted by molar-refractivity contribution is -0.120. The highest BCUT2D eigenvalue weighted by Gasteiger charge is 2.36. The summed E-state index contributed by atoms with van der Waals surface area (Å²) in [5.74, 6) is -0.639. The van der Waals surface area contributed by atoms with Crippen molar-refractivity contribution in [3.05, 3.63) is 113 Å². The van der Waals surface area contributed by atoms with Crippen molar-refractivity contribution >= 4 is 40.8 Å². The first kappa shape index (κ1) is 24.1. The van der Waals surface area contributed by atoms with E-state index in [4.69, 9.17) is 11.6 Å². The Labute approximate surface area is 217 Å². The van der Waals surface area contributed by atoms with E-state index >= 15 is 0 Å². The predicted octanol–water partition coefficient (Wildman–Crippen LogP) is 3.98. The Morgan fingerprint density at radius 2 is 1.84 bits per heavy atom. The smallest absolute Gasteiger partial charge is 0.256 e. The molecule has 9 nitrogen and oxygen atoms in total. The SMILES string of the molecule is O=C(Nc1cnccn1)c1ccc(CN2C(=O)c3ccc(Cl)cc3NC(=O)[C@H]2Cc2ccccn2)cc1. The van der Waals surface area contributed by atoms with E-state index in [0.29, 0.717) is 33.3 Å². The number of anilines is 2. The Morgan fingerprint density at radius 3 is 2.57 bits per heavy atom. The molecule has 4 aromatic rings. The van der Waals surface area contributed by atoms with Gasteiger partial charge in [-0.1, -0.05) is 29.8 Å². The third-order valence-electron chi connectivity index (χ3n) is 5.91. The third-order valence-corrected chi connectivity index (χ3v) is 6.15. The summed E-state index contributed by atoms with van der Waals surface area (Å²) in [4.78, 5) is 53.4. The maximum Gasteiger partial charge on any atom is 0.256 e. The lowest BCUT2D eigenvalue weighted by Crippen LogP contribution is -2.46. The van der Waals surface area contributed by atoms with Crippen LogP contribution in [0.3, 0.4) is 0 Å². The van der Waals surface area contributed by atoms with Gasteiger partial charge in [-0.15, -0.1) is 0 Å². The zero-order chi connectivity index (χ0) is 25.8. The van der Waals surface area contributed by atoms with Crippen molar-refractivity contribution in [3.63, 3.8) is 0 Å². The number of hydrogen-bond acceptors (Lipinski definition) is 6. The van der Waals surface area contributed by atoms with Crippen LogP contribution in [0.1, 0.15) is 32.0 Å². The summed E-state index contributed by atoms with van der Waals surface area (Å²) in [6.45, 7) is 0.151. The number of amides is 3. The molecule has 1 aliphatic heterocycles. The number of benzene rings is 2. The largest absolute Gasteiger partial charge is 0.323 e. The minimum atomic E-state index is -0.812. The van der Waals surface area contributed by atoms with E-state index in [9.17, 15) is 14.4 Å². The van der Waals surface area contributed by atoms with Crippen molar-refractivity contribution in [2.75, 3.05) is 10.6 Å². The molecule has 0 saturated heterocycles. The molecule has 37 heavy (non-hydrogen) atoms. The highest BCUT2D eigenvalue weighted by Crippen LogP contribution is 2.28. The Kier molecular flexibility index (Phi) is 6.87. The summed E-state index contributed by atoms with van der Waals surface area (Å²) in [5.41, 5.74) is 2.56. The molecule has 2 aromatic heterocycles. The van der Waals surface area contributed by atoms with Gasteiger partial charge in [-0.05, 0) is 48.0 Å². The van der Waals surface area contributed by atoms with Gasteiger partial charge < -0.3 is 15.5 Å². The molecular formula is C27H21ClN6O3. The van der Waals surface area contributed by atoms with Crippen LogP contribution in [0, 0.1) is 0 Å². The quantitative estimate of drug-likeness (QED) is 0.403. The summed E-state index contributed by atoms with van der Waals surface area (Å²) in [6, 6.07) is 16.2. The normalized spacial score (nSPS) is 14.9. The molecule has 2 N–H and O–H groups in total. The summed E-state index contributed by atoms with van der Waals surface area (Å²) in [6.07, 6.45) is 6.34. The minimum Gasteiger partial charge on any atom is -0.323 e. The van der Waals surface area contributed by atoms with Crippen LogP contribution in [0.4, 0.5) is 11.5 Å². The molecule has 0 radical (unpaired) electrons. The van der Waals surface area contributed by atoms with Crippen molar-refractivity contribution in [2.24, 2.45) is 0 Å². The molecule has 3 heterocycles. The highest BCUT2D eigenvalue weighted by molar-refractivity contribution is 6.31. The second-order valence-corrected chi connectivity index (χ2v) is 8.83. The highest BCUT2D eigenvalue weighted by atomic mass is 35.5. The van der Waals surface area contributed by atoms with E-state index in [0.717, 1.165) is 5.56 Å². The molecule has 1 atom stereocenters. The van der Waals surface area contributed by atoms with Crippen LogP contribution in [0.5, 0.6) is 0 Å². The van der Waals surface area contributed by atoms with Gasteiger partial charge in [0.1, 0.15) is 6.04 Å². The maximum atomic E-state index is 13.7. The van der Waals surface area contributed by atoms with Crippen LogP contribution < -0.4 is 10.6 Å². The van der Waals surface area contributed by atoms with Gasteiger partial charge in [-0.3, -0.25) is 24.4 Å². The topological polar surface area (TPSA) is 117 Å². The predicted molar refractivity (Wildman–Crippen MR) is 138 cm³/mol. The second kappa shape index (κ2) is 10.5. The van der Waals surface area contributed by atoms with Crippen LogP contribution >= 0.6 is 11.6 Å². The molecule has 0 fully saturated rings. The van der Waals surface area contributed by atoms with Gasteiger partial charge in [-0.2, -0.15) is 0 Å². The molecule has 0 saturated carbocycles. The fourth-order valence-corrected chi connectivity index (χ4v) is 4.24. The van der Waals surface area contributed by atoms with Gasteiger partial charge in [0, 0.05) is 47.8 Å². The van der Waals surface area contributed by atoms with E-state index in [1.165, 1.54) is 23.5 Å². The van der Waals surface area contributed by atoms with Crippen LogP contribution in [0.15, 0.2) is 85.5 Å². The Balaban J connectivity index is 1.42. The van der Waals surface area contributed by atoms with Gasteiger partial charge in [0.15, 0.2) is 5.82 Å². The van der Waals surface area contributed by atoms with Gasteiger partial charge in [0.25, 0.3) is 11.8 Å². The number of carbonyl (C=O) groups excluding carboxylic acids is 3. The minimum absolute atomic E-state index is 0.151. The van der Waals surface area contributed by atoms with Crippen molar-refractivity contribution in [1.82, 2.24) is 19.9 Å². The number of pyridine rings is 1. The zero-order valence-corrected chi connectivity index (χ0v) is 20.2. The first-order chi connectivity index (χ1) is 18.0. The Hall–Kier alpha value is -4.63. The summed E-state index contributed by atoms with van der Waals surface area (Å²) in [5, 5.41) is 5.95. The van der Waals surface area contributed by atoms with Gasteiger partial charge in [0.05, 0.1) is 17.4 Å². The Morgan fingerprint density at radius 1 is 1.00 bits per heavy atom. The summed E-state index contributed by atoms with van der Waals surface area (Å²) >= 11 is 6.12. The van der Waals surface area contributed by atoms with E-state index in [1.807, 2.05) is 12.1 Å². The molecule has 10 heteroatoms. The molecule has 0 unspecified atom stereocenters. The molecule has 1 aliphatic rings. The molecular weight excluding hydrogens is 492 g/mol.